The number of carbonyl (C=O) groups excluding carboxylic acids is 1. The van der Waals surface area contributed by atoms with Crippen molar-refractivity contribution >= 4 is 40.5 Å². The molecule has 0 saturated carbocycles. The molecule has 1 atom stereocenters. The zero-order valence-electron chi connectivity index (χ0n) is 8.83. The third-order valence-electron chi connectivity index (χ3n) is 2.05. The summed E-state index contributed by atoms with van der Waals surface area (Å²) in [6.45, 7) is 2.16. The lowest BCUT2D eigenvalue weighted by atomic mass is 10.1. The Morgan fingerprint density at radius 1 is 1.62 bits per heavy atom. The van der Waals surface area contributed by atoms with Crippen molar-refractivity contribution in [1.82, 2.24) is 0 Å². The fourth-order valence-corrected chi connectivity index (χ4v) is 2.86. The fraction of sp³-hybridized carbons (Fsp3) is 0.500. The van der Waals surface area contributed by atoms with E-state index in [1.165, 1.54) is 11.3 Å². The van der Waals surface area contributed by atoms with Crippen LogP contribution in [0, 0.1) is 0 Å². The molecular weight excluding hydrogens is 269 g/mol. The number of hydrogen-bond donors (Lipinski definition) is 1. The molecule has 0 spiro atoms. The Labute approximate surface area is 108 Å². The summed E-state index contributed by atoms with van der Waals surface area (Å²) in [5.41, 5.74) is 6.70. The van der Waals surface area contributed by atoms with Gasteiger partial charge >= 0.3 is 5.97 Å². The molecule has 0 bridgehead atoms. The van der Waals surface area contributed by atoms with Gasteiger partial charge in [0.1, 0.15) is 0 Å². The average molecular weight is 282 g/mol. The van der Waals surface area contributed by atoms with Crippen LogP contribution in [0.15, 0.2) is 6.07 Å². The Balaban J connectivity index is 2.49. The molecule has 0 saturated heterocycles. The van der Waals surface area contributed by atoms with E-state index in [0.29, 0.717) is 28.1 Å². The van der Waals surface area contributed by atoms with Crippen LogP contribution in [0.25, 0.3) is 0 Å². The number of carbonyl (C=O) groups is 1. The van der Waals surface area contributed by atoms with Crippen LogP contribution in [0.1, 0.15) is 31.4 Å². The van der Waals surface area contributed by atoms with Gasteiger partial charge in [0.2, 0.25) is 0 Å². The second-order valence-electron chi connectivity index (χ2n) is 3.23. The Kier molecular flexibility index (Phi) is 5.55. The maximum absolute atomic E-state index is 11.1. The zero-order chi connectivity index (χ0) is 12.1. The number of esters is 1. The molecule has 0 fully saturated rings. The Hall–Kier alpha value is -0.290. The lowest BCUT2D eigenvalue weighted by Gasteiger charge is -2.09. The van der Waals surface area contributed by atoms with Crippen molar-refractivity contribution in [2.45, 2.75) is 25.8 Å². The van der Waals surface area contributed by atoms with E-state index in [1.54, 1.807) is 13.0 Å². The maximum atomic E-state index is 11.1. The van der Waals surface area contributed by atoms with Crippen molar-refractivity contribution in [2.24, 2.45) is 5.73 Å². The van der Waals surface area contributed by atoms with Gasteiger partial charge in [-0.3, -0.25) is 4.79 Å². The number of hydrogen-bond acceptors (Lipinski definition) is 4. The first kappa shape index (κ1) is 13.8. The van der Waals surface area contributed by atoms with Crippen molar-refractivity contribution in [3.63, 3.8) is 0 Å². The quantitative estimate of drug-likeness (QED) is 0.842. The number of rotatable bonds is 5. The molecule has 0 radical (unpaired) electrons. The topological polar surface area (TPSA) is 52.3 Å². The first-order chi connectivity index (χ1) is 7.54. The van der Waals surface area contributed by atoms with Gasteiger partial charge in [0.25, 0.3) is 0 Å². The van der Waals surface area contributed by atoms with E-state index in [4.69, 9.17) is 33.7 Å². The van der Waals surface area contributed by atoms with Gasteiger partial charge in [-0.25, -0.2) is 0 Å². The van der Waals surface area contributed by atoms with Crippen molar-refractivity contribution in [1.29, 1.82) is 0 Å². The van der Waals surface area contributed by atoms with Gasteiger partial charge < -0.3 is 10.5 Å². The number of nitrogens with two attached hydrogens (primary N) is 1. The number of thiophene rings is 1. The molecule has 1 unspecified atom stereocenters. The van der Waals surface area contributed by atoms with E-state index < -0.39 is 0 Å². The van der Waals surface area contributed by atoms with Crippen LogP contribution in [0.3, 0.4) is 0 Å². The van der Waals surface area contributed by atoms with Crippen LogP contribution in [-0.4, -0.2) is 12.6 Å². The molecule has 1 aromatic rings. The fourth-order valence-electron chi connectivity index (χ4n) is 1.27. The average Bonchev–Trinajstić information content (AvgIpc) is 2.55. The second-order valence-corrected chi connectivity index (χ2v) is 5.52. The molecule has 1 aromatic heterocycles. The summed E-state index contributed by atoms with van der Waals surface area (Å²) in [5.74, 6) is -0.240. The van der Waals surface area contributed by atoms with Crippen LogP contribution in [-0.2, 0) is 9.53 Å². The van der Waals surface area contributed by atoms with Crippen molar-refractivity contribution < 1.29 is 9.53 Å². The van der Waals surface area contributed by atoms with E-state index in [-0.39, 0.29) is 12.0 Å². The van der Waals surface area contributed by atoms with Crippen LogP contribution in [0.4, 0.5) is 0 Å². The molecule has 0 aliphatic rings. The highest BCUT2D eigenvalue weighted by Gasteiger charge is 2.15. The van der Waals surface area contributed by atoms with E-state index in [9.17, 15) is 4.79 Å². The standard InChI is InChI=1S/C10H13Cl2NO2S/c1-2-15-9(14)4-3-7(13)6-5-8(11)16-10(6)12/h5,7H,2-4,13H2,1H3. The predicted molar refractivity (Wildman–Crippen MR) is 67.1 cm³/mol. The molecule has 0 amide bonds. The van der Waals surface area contributed by atoms with Crippen molar-refractivity contribution in [3.8, 4) is 0 Å². The molecule has 1 rings (SSSR count). The molecule has 16 heavy (non-hydrogen) atoms. The van der Waals surface area contributed by atoms with Crippen LogP contribution in [0.5, 0.6) is 0 Å². The summed E-state index contributed by atoms with van der Waals surface area (Å²) in [5, 5.41) is 0. The highest BCUT2D eigenvalue weighted by Crippen LogP contribution is 2.35. The van der Waals surface area contributed by atoms with E-state index >= 15 is 0 Å². The minimum absolute atomic E-state index is 0.240. The molecule has 2 N–H and O–H groups in total. The molecule has 1 heterocycles. The summed E-state index contributed by atoms with van der Waals surface area (Å²) in [4.78, 5) is 11.1. The highest BCUT2D eigenvalue weighted by atomic mass is 35.5. The van der Waals surface area contributed by atoms with Gasteiger partial charge in [-0.05, 0) is 25.0 Å². The summed E-state index contributed by atoms with van der Waals surface area (Å²) in [6.07, 6.45) is 0.796. The van der Waals surface area contributed by atoms with Gasteiger partial charge in [-0.1, -0.05) is 23.2 Å². The first-order valence-electron chi connectivity index (χ1n) is 4.90. The molecule has 0 aliphatic heterocycles. The minimum Gasteiger partial charge on any atom is -0.466 e. The molecule has 0 aromatic carbocycles. The van der Waals surface area contributed by atoms with Gasteiger partial charge in [-0.2, -0.15) is 0 Å². The van der Waals surface area contributed by atoms with Crippen LogP contribution < -0.4 is 5.73 Å². The first-order valence-corrected chi connectivity index (χ1v) is 6.47. The lowest BCUT2D eigenvalue weighted by Crippen LogP contribution is -2.13. The van der Waals surface area contributed by atoms with Gasteiger partial charge in [-0.15, -0.1) is 11.3 Å². The normalized spacial score (nSPS) is 12.5. The monoisotopic (exact) mass is 281 g/mol. The number of ether oxygens (including phenoxy) is 1. The molecule has 3 nitrogen and oxygen atoms in total. The molecular formula is C10H13Cl2NO2S. The smallest absolute Gasteiger partial charge is 0.305 e. The molecule has 0 aliphatic carbocycles. The van der Waals surface area contributed by atoms with Crippen LogP contribution >= 0.6 is 34.5 Å². The Morgan fingerprint density at radius 2 is 2.31 bits per heavy atom. The van der Waals surface area contributed by atoms with E-state index in [2.05, 4.69) is 0 Å². The SMILES string of the molecule is CCOC(=O)CCC(N)c1cc(Cl)sc1Cl. The lowest BCUT2D eigenvalue weighted by molar-refractivity contribution is -0.143. The van der Waals surface area contributed by atoms with Crippen molar-refractivity contribution in [2.75, 3.05) is 6.61 Å². The summed E-state index contributed by atoms with van der Waals surface area (Å²) >= 11 is 13.0. The van der Waals surface area contributed by atoms with Gasteiger partial charge in [0.05, 0.1) is 15.3 Å². The Morgan fingerprint density at radius 3 is 2.81 bits per heavy atom. The number of halogens is 2. The molecule has 6 heteroatoms. The summed E-state index contributed by atoms with van der Waals surface area (Å²) in [7, 11) is 0. The van der Waals surface area contributed by atoms with E-state index in [1.807, 2.05) is 0 Å². The third-order valence-corrected chi connectivity index (χ3v) is 3.57. The minimum atomic E-state index is -0.277. The largest absolute Gasteiger partial charge is 0.466 e. The second kappa shape index (κ2) is 6.45. The van der Waals surface area contributed by atoms with Gasteiger partial charge in [0.15, 0.2) is 0 Å². The summed E-state index contributed by atoms with van der Waals surface area (Å²) in [6, 6.07) is 1.46. The molecule has 90 valence electrons. The van der Waals surface area contributed by atoms with Gasteiger partial charge in [0, 0.05) is 12.5 Å². The van der Waals surface area contributed by atoms with Crippen molar-refractivity contribution in [3.05, 3.63) is 20.3 Å². The maximum Gasteiger partial charge on any atom is 0.305 e. The van der Waals surface area contributed by atoms with Crippen LogP contribution in [0.2, 0.25) is 8.67 Å². The zero-order valence-corrected chi connectivity index (χ0v) is 11.2. The highest BCUT2D eigenvalue weighted by molar-refractivity contribution is 7.20. The Bertz CT molecular complexity index is 368. The summed E-state index contributed by atoms with van der Waals surface area (Å²) < 4.78 is 6.00. The predicted octanol–water partition coefficient (Wildman–Crippen LogP) is 3.40. The third kappa shape index (κ3) is 3.94. The van der Waals surface area contributed by atoms with E-state index in [0.717, 1.165) is 5.56 Å².